The molecular formula is C15H11BrFN. The Hall–Kier alpha value is -1.61. The molecule has 2 aromatic carbocycles. The molecule has 0 saturated carbocycles. The topological polar surface area (TPSA) is 4.93 Å². The van der Waals surface area contributed by atoms with Crippen LogP contribution in [0.1, 0.15) is 5.56 Å². The van der Waals surface area contributed by atoms with E-state index < -0.39 is 0 Å². The fraction of sp³-hybridized carbons (Fsp3) is 0.0667. The molecule has 3 heteroatoms. The summed E-state index contributed by atoms with van der Waals surface area (Å²) in [6, 6.07) is 14.9. The van der Waals surface area contributed by atoms with E-state index in [0.717, 1.165) is 15.6 Å². The number of hydrogen-bond acceptors (Lipinski definition) is 0. The third kappa shape index (κ3) is 2.06. The Morgan fingerprint density at radius 3 is 2.72 bits per heavy atom. The molecule has 0 fully saturated rings. The largest absolute Gasteiger partial charge is 0.343 e. The molecule has 90 valence electrons. The minimum Gasteiger partial charge on any atom is -0.343 e. The van der Waals surface area contributed by atoms with Crippen molar-refractivity contribution >= 4 is 26.8 Å². The number of nitrogens with zero attached hydrogens (tertiary/aromatic N) is 1. The summed E-state index contributed by atoms with van der Waals surface area (Å²) >= 11 is 3.53. The first-order valence-corrected chi connectivity index (χ1v) is 6.51. The van der Waals surface area contributed by atoms with Crippen LogP contribution in [0.15, 0.2) is 59.2 Å². The maximum Gasteiger partial charge on any atom is 0.123 e. The number of benzene rings is 2. The van der Waals surface area contributed by atoms with E-state index in [1.165, 1.54) is 11.5 Å². The first-order valence-electron chi connectivity index (χ1n) is 5.72. The monoisotopic (exact) mass is 303 g/mol. The Bertz CT molecular complexity index is 703. The standard InChI is InChI=1S/C15H11BrFN/c16-14-5-2-6-15-13(14)7-8-18(15)10-11-3-1-4-12(17)9-11/h1-9H,10H2. The smallest absolute Gasteiger partial charge is 0.123 e. The molecular weight excluding hydrogens is 293 g/mol. The van der Waals surface area contributed by atoms with E-state index in [-0.39, 0.29) is 5.82 Å². The van der Waals surface area contributed by atoms with Crippen LogP contribution in [0.2, 0.25) is 0 Å². The van der Waals surface area contributed by atoms with Gasteiger partial charge in [-0.25, -0.2) is 4.39 Å². The lowest BCUT2D eigenvalue weighted by atomic mass is 10.2. The van der Waals surface area contributed by atoms with Crippen LogP contribution in [-0.2, 0) is 6.54 Å². The first-order chi connectivity index (χ1) is 8.74. The summed E-state index contributed by atoms with van der Waals surface area (Å²) in [6.45, 7) is 0.678. The highest BCUT2D eigenvalue weighted by Gasteiger charge is 2.04. The van der Waals surface area contributed by atoms with Crippen LogP contribution in [0.4, 0.5) is 4.39 Å². The maximum atomic E-state index is 13.2. The SMILES string of the molecule is Fc1cccc(Cn2ccc3c(Br)cccc32)c1. The van der Waals surface area contributed by atoms with E-state index in [2.05, 4.69) is 32.6 Å². The van der Waals surface area contributed by atoms with Crippen LogP contribution in [0.25, 0.3) is 10.9 Å². The highest BCUT2D eigenvalue weighted by Crippen LogP contribution is 2.25. The van der Waals surface area contributed by atoms with E-state index >= 15 is 0 Å². The molecule has 0 saturated heterocycles. The lowest BCUT2D eigenvalue weighted by Crippen LogP contribution is -1.97. The van der Waals surface area contributed by atoms with Crippen molar-refractivity contribution in [1.82, 2.24) is 4.57 Å². The number of fused-ring (bicyclic) bond motifs is 1. The van der Waals surface area contributed by atoms with Crippen LogP contribution in [-0.4, -0.2) is 4.57 Å². The predicted molar refractivity (Wildman–Crippen MR) is 75.1 cm³/mol. The Labute approximate surface area is 113 Å². The van der Waals surface area contributed by atoms with Crippen LogP contribution in [0.3, 0.4) is 0 Å². The van der Waals surface area contributed by atoms with Crippen molar-refractivity contribution < 1.29 is 4.39 Å². The van der Waals surface area contributed by atoms with Gasteiger partial charge in [-0.1, -0.05) is 34.1 Å². The number of hydrogen-bond donors (Lipinski definition) is 0. The van der Waals surface area contributed by atoms with Gasteiger partial charge < -0.3 is 4.57 Å². The van der Waals surface area contributed by atoms with Crippen molar-refractivity contribution in [2.75, 3.05) is 0 Å². The minimum absolute atomic E-state index is 0.190. The van der Waals surface area contributed by atoms with Crippen molar-refractivity contribution in [3.05, 3.63) is 70.6 Å². The molecule has 0 radical (unpaired) electrons. The van der Waals surface area contributed by atoms with E-state index in [1.54, 1.807) is 12.1 Å². The number of rotatable bonds is 2. The predicted octanol–water partition coefficient (Wildman–Crippen LogP) is 4.59. The summed E-state index contributed by atoms with van der Waals surface area (Å²) in [7, 11) is 0. The zero-order valence-corrected chi connectivity index (χ0v) is 11.2. The average molecular weight is 304 g/mol. The summed E-state index contributed by atoms with van der Waals surface area (Å²) in [4.78, 5) is 0. The van der Waals surface area contributed by atoms with Gasteiger partial charge in [0.2, 0.25) is 0 Å². The van der Waals surface area contributed by atoms with Crippen molar-refractivity contribution in [2.45, 2.75) is 6.54 Å². The molecule has 1 heterocycles. The maximum absolute atomic E-state index is 13.2. The van der Waals surface area contributed by atoms with Gasteiger partial charge in [-0.3, -0.25) is 0 Å². The quantitative estimate of drug-likeness (QED) is 0.652. The number of halogens is 2. The second-order valence-corrected chi connectivity index (χ2v) is 5.10. The highest BCUT2D eigenvalue weighted by molar-refractivity contribution is 9.10. The van der Waals surface area contributed by atoms with Gasteiger partial charge in [-0.05, 0) is 35.9 Å². The molecule has 0 aliphatic heterocycles. The first kappa shape index (κ1) is 11.5. The molecule has 0 aliphatic rings. The third-order valence-electron chi connectivity index (χ3n) is 3.00. The second kappa shape index (κ2) is 4.58. The van der Waals surface area contributed by atoms with Crippen molar-refractivity contribution in [3.63, 3.8) is 0 Å². The minimum atomic E-state index is -0.190. The fourth-order valence-corrected chi connectivity index (χ4v) is 2.64. The fourth-order valence-electron chi connectivity index (χ4n) is 2.16. The van der Waals surface area contributed by atoms with Gasteiger partial charge in [-0.2, -0.15) is 0 Å². The summed E-state index contributed by atoms with van der Waals surface area (Å²) in [6.07, 6.45) is 2.03. The van der Waals surface area contributed by atoms with Gasteiger partial charge >= 0.3 is 0 Å². The summed E-state index contributed by atoms with van der Waals surface area (Å²) in [5.41, 5.74) is 2.11. The molecule has 1 aromatic heterocycles. The van der Waals surface area contributed by atoms with Crippen LogP contribution in [0.5, 0.6) is 0 Å². The molecule has 0 aliphatic carbocycles. The molecule has 18 heavy (non-hydrogen) atoms. The molecule has 1 nitrogen and oxygen atoms in total. The van der Waals surface area contributed by atoms with Gasteiger partial charge in [0.05, 0.1) is 0 Å². The number of aromatic nitrogens is 1. The zero-order chi connectivity index (χ0) is 12.5. The van der Waals surface area contributed by atoms with Gasteiger partial charge in [0, 0.05) is 28.1 Å². The molecule has 0 bridgehead atoms. The van der Waals surface area contributed by atoms with E-state index in [9.17, 15) is 4.39 Å². The molecule has 0 atom stereocenters. The summed E-state index contributed by atoms with van der Waals surface area (Å²) in [5, 5.41) is 1.17. The second-order valence-electron chi connectivity index (χ2n) is 4.25. The molecule has 0 amide bonds. The van der Waals surface area contributed by atoms with Crippen molar-refractivity contribution in [3.8, 4) is 0 Å². The Kier molecular flexibility index (Phi) is 2.92. The van der Waals surface area contributed by atoms with E-state index in [0.29, 0.717) is 6.54 Å². The summed E-state index contributed by atoms with van der Waals surface area (Å²) in [5.74, 6) is -0.190. The van der Waals surface area contributed by atoms with Crippen molar-refractivity contribution in [2.24, 2.45) is 0 Å². The molecule has 3 rings (SSSR count). The lowest BCUT2D eigenvalue weighted by Gasteiger charge is -2.06. The lowest BCUT2D eigenvalue weighted by molar-refractivity contribution is 0.624. The van der Waals surface area contributed by atoms with Crippen LogP contribution in [0, 0.1) is 5.82 Å². The molecule has 0 unspecified atom stereocenters. The normalized spacial score (nSPS) is 11.0. The Balaban J connectivity index is 2.03. The Morgan fingerprint density at radius 1 is 1.06 bits per heavy atom. The summed E-state index contributed by atoms with van der Waals surface area (Å²) < 4.78 is 16.4. The van der Waals surface area contributed by atoms with Gasteiger partial charge in [0.15, 0.2) is 0 Å². The molecule has 0 N–H and O–H groups in total. The van der Waals surface area contributed by atoms with Crippen LogP contribution < -0.4 is 0 Å². The Morgan fingerprint density at radius 2 is 1.89 bits per heavy atom. The molecule has 3 aromatic rings. The van der Waals surface area contributed by atoms with Gasteiger partial charge in [0.25, 0.3) is 0 Å². The van der Waals surface area contributed by atoms with Crippen LogP contribution >= 0.6 is 15.9 Å². The highest BCUT2D eigenvalue weighted by atomic mass is 79.9. The zero-order valence-electron chi connectivity index (χ0n) is 9.61. The van der Waals surface area contributed by atoms with Crippen molar-refractivity contribution in [1.29, 1.82) is 0 Å². The van der Waals surface area contributed by atoms with E-state index in [1.807, 2.05) is 24.4 Å². The third-order valence-corrected chi connectivity index (χ3v) is 3.69. The van der Waals surface area contributed by atoms with E-state index in [4.69, 9.17) is 0 Å². The molecule has 0 spiro atoms. The van der Waals surface area contributed by atoms with Gasteiger partial charge in [0.1, 0.15) is 5.82 Å². The average Bonchev–Trinajstić information content (AvgIpc) is 2.74. The van der Waals surface area contributed by atoms with Gasteiger partial charge in [-0.15, -0.1) is 0 Å².